The molecule has 7 heteroatoms. The molecule has 0 saturated heterocycles. The molecule has 3 aromatic rings. The minimum atomic E-state index is -0.457. The highest BCUT2D eigenvalue weighted by Crippen LogP contribution is 2.52. The molecule has 1 heterocycles. The number of methoxy groups -OCH3 is 2. The molecule has 1 amide bonds. The smallest absolute Gasteiger partial charge is 0.275 e. The fourth-order valence-electron chi connectivity index (χ4n) is 5.21. The monoisotopic (exact) mass is 483 g/mol. The Morgan fingerprint density at radius 2 is 1.89 bits per heavy atom. The molecule has 0 saturated carbocycles. The lowest BCUT2D eigenvalue weighted by atomic mass is 9.76. The predicted octanol–water partition coefficient (Wildman–Crippen LogP) is 5.39. The van der Waals surface area contributed by atoms with E-state index in [1.165, 1.54) is 11.6 Å². The lowest BCUT2D eigenvalue weighted by Crippen LogP contribution is -2.29. The number of phenolic OH excluding ortho intramolecular Hbond substituents is 1. The van der Waals surface area contributed by atoms with Crippen LogP contribution >= 0.6 is 0 Å². The van der Waals surface area contributed by atoms with Gasteiger partial charge in [0, 0.05) is 17.2 Å². The molecule has 0 fully saturated rings. The molecule has 3 aromatic carbocycles. The van der Waals surface area contributed by atoms with Crippen LogP contribution in [0.1, 0.15) is 52.4 Å². The first kappa shape index (κ1) is 23.5. The molecule has 184 valence electrons. The van der Waals surface area contributed by atoms with E-state index in [1.807, 2.05) is 25.1 Å². The molecule has 3 atom stereocenters. The quantitative estimate of drug-likeness (QED) is 0.248. The summed E-state index contributed by atoms with van der Waals surface area (Å²) in [6.45, 7) is 1.86. The SMILES string of the molecule is COc1cccc([C@@H]2Nc3ccc(/C(C)=N\NC(=O)c4ccccc4O)cc3[C@@H]3C=CC[C@@H]32)c1OC. The predicted molar refractivity (Wildman–Crippen MR) is 140 cm³/mol. The first-order valence-corrected chi connectivity index (χ1v) is 11.9. The molecule has 2 aliphatic rings. The van der Waals surface area contributed by atoms with E-state index in [2.05, 4.69) is 46.2 Å². The number of hydrogen-bond acceptors (Lipinski definition) is 6. The number of amides is 1. The fraction of sp³-hybridized carbons (Fsp3) is 0.241. The number of ether oxygens (including phenoxy) is 2. The molecule has 7 nitrogen and oxygen atoms in total. The third-order valence-electron chi connectivity index (χ3n) is 7.02. The summed E-state index contributed by atoms with van der Waals surface area (Å²) in [5, 5.41) is 17.9. The summed E-state index contributed by atoms with van der Waals surface area (Å²) in [4.78, 5) is 12.4. The molecule has 1 aliphatic heterocycles. The minimum absolute atomic E-state index is 0.0704. The van der Waals surface area contributed by atoms with Crippen molar-refractivity contribution in [3.63, 3.8) is 0 Å². The van der Waals surface area contributed by atoms with Gasteiger partial charge in [0.2, 0.25) is 0 Å². The van der Waals surface area contributed by atoms with E-state index in [-0.39, 0.29) is 23.3 Å². The van der Waals surface area contributed by atoms with Crippen LogP contribution in [0, 0.1) is 5.92 Å². The van der Waals surface area contributed by atoms with Gasteiger partial charge < -0.3 is 19.9 Å². The lowest BCUT2D eigenvalue weighted by molar-refractivity contribution is 0.0952. The van der Waals surface area contributed by atoms with Crippen LogP contribution in [0.2, 0.25) is 0 Å². The third kappa shape index (κ3) is 4.17. The Bertz CT molecular complexity index is 1360. The first-order valence-electron chi connectivity index (χ1n) is 11.9. The van der Waals surface area contributed by atoms with E-state index in [0.29, 0.717) is 11.6 Å². The van der Waals surface area contributed by atoms with Crippen molar-refractivity contribution in [3.05, 3.63) is 95.1 Å². The largest absolute Gasteiger partial charge is 0.507 e. The van der Waals surface area contributed by atoms with Crippen LogP contribution in [-0.4, -0.2) is 30.9 Å². The normalized spacial score (nSPS) is 20.2. The number of phenols is 1. The van der Waals surface area contributed by atoms with E-state index in [1.54, 1.807) is 32.4 Å². The Hall–Kier alpha value is -4.26. The zero-order chi connectivity index (χ0) is 25.2. The number of carbonyl (C=O) groups is 1. The molecule has 5 rings (SSSR count). The number of hydrazone groups is 1. The summed E-state index contributed by atoms with van der Waals surface area (Å²) in [5.74, 6) is 1.51. The maximum Gasteiger partial charge on any atom is 0.275 e. The number of rotatable bonds is 6. The van der Waals surface area contributed by atoms with Gasteiger partial charge in [-0.15, -0.1) is 0 Å². The van der Waals surface area contributed by atoms with Gasteiger partial charge in [0.05, 0.1) is 31.5 Å². The maximum atomic E-state index is 12.4. The van der Waals surface area contributed by atoms with Gasteiger partial charge in [-0.3, -0.25) is 4.79 Å². The zero-order valence-corrected chi connectivity index (χ0v) is 20.5. The molecule has 36 heavy (non-hydrogen) atoms. The summed E-state index contributed by atoms with van der Waals surface area (Å²) < 4.78 is 11.3. The van der Waals surface area contributed by atoms with E-state index in [0.717, 1.165) is 34.7 Å². The van der Waals surface area contributed by atoms with E-state index in [9.17, 15) is 9.90 Å². The number of nitrogens with zero attached hydrogens (tertiary/aromatic N) is 1. The summed E-state index contributed by atoms with van der Waals surface area (Å²) in [6, 6.07) is 18.7. The molecule has 0 aromatic heterocycles. The number of benzene rings is 3. The molecule has 0 bridgehead atoms. The second-order valence-electron chi connectivity index (χ2n) is 9.02. The maximum absolute atomic E-state index is 12.4. The Kier molecular flexibility index (Phi) is 6.38. The fourth-order valence-corrected chi connectivity index (χ4v) is 5.21. The molecular formula is C29H29N3O4. The van der Waals surface area contributed by atoms with Gasteiger partial charge in [-0.2, -0.15) is 5.10 Å². The van der Waals surface area contributed by atoms with Gasteiger partial charge in [0.1, 0.15) is 5.75 Å². The van der Waals surface area contributed by atoms with Gasteiger partial charge in [0.25, 0.3) is 5.91 Å². The molecule has 0 radical (unpaired) electrons. The van der Waals surface area contributed by atoms with Crippen LogP contribution in [0.5, 0.6) is 17.2 Å². The number of para-hydroxylation sites is 2. The van der Waals surface area contributed by atoms with Gasteiger partial charge in [-0.25, -0.2) is 5.43 Å². The highest BCUT2D eigenvalue weighted by atomic mass is 16.5. The van der Waals surface area contributed by atoms with E-state index < -0.39 is 5.91 Å². The average Bonchev–Trinajstić information content (AvgIpc) is 3.41. The Morgan fingerprint density at radius 1 is 1.06 bits per heavy atom. The Labute approximate surface area is 210 Å². The number of fused-ring (bicyclic) bond motifs is 3. The Morgan fingerprint density at radius 3 is 2.67 bits per heavy atom. The van der Waals surface area contributed by atoms with E-state index >= 15 is 0 Å². The number of allylic oxidation sites excluding steroid dienone is 2. The first-order chi connectivity index (χ1) is 17.5. The average molecular weight is 484 g/mol. The second-order valence-corrected chi connectivity index (χ2v) is 9.02. The van der Waals surface area contributed by atoms with Crippen LogP contribution in [0.25, 0.3) is 0 Å². The number of carbonyl (C=O) groups excluding carboxylic acids is 1. The van der Waals surface area contributed by atoms with Crippen molar-refractivity contribution in [2.45, 2.75) is 25.3 Å². The van der Waals surface area contributed by atoms with Crippen LogP contribution in [0.15, 0.2) is 77.9 Å². The summed E-state index contributed by atoms with van der Waals surface area (Å²) in [6.07, 6.45) is 5.47. The number of hydrogen-bond donors (Lipinski definition) is 3. The lowest BCUT2D eigenvalue weighted by Gasteiger charge is -2.38. The van der Waals surface area contributed by atoms with Crippen molar-refractivity contribution in [3.8, 4) is 17.2 Å². The topological polar surface area (TPSA) is 92.2 Å². The van der Waals surface area contributed by atoms with E-state index in [4.69, 9.17) is 9.47 Å². The van der Waals surface area contributed by atoms with Gasteiger partial charge in [-0.1, -0.05) is 42.5 Å². The number of anilines is 1. The summed E-state index contributed by atoms with van der Waals surface area (Å²) in [5.41, 5.74) is 7.67. The molecule has 3 N–H and O–H groups in total. The molecule has 0 spiro atoms. The number of aromatic hydroxyl groups is 1. The van der Waals surface area contributed by atoms with Crippen molar-refractivity contribution in [1.82, 2.24) is 5.43 Å². The highest BCUT2D eigenvalue weighted by molar-refractivity contribution is 6.02. The van der Waals surface area contributed by atoms with Crippen molar-refractivity contribution in [2.24, 2.45) is 11.0 Å². The summed E-state index contributed by atoms with van der Waals surface area (Å²) >= 11 is 0. The zero-order valence-electron chi connectivity index (χ0n) is 20.5. The molecule has 1 aliphatic carbocycles. The van der Waals surface area contributed by atoms with Crippen LogP contribution < -0.4 is 20.2 Å². The standard InChI is InChI=1S/C29H29N3O4/c1-17(31-32-29(34)21-8-4-5-12-25(21)33)18-14-15-24-23(16-18)19-9-6-10-20(19)27(30-24)22-11-7-13-26(35-2)28(22)36-3/h4-9,11-16,19-20,27,30,33H,10H2,1-3H3,(H,32,34)/b31-17-/t19-,20+,27-/m1/s1. The number of nitrogens with one attached hydrogen (secondary N) is 2. The molecular weight excluding hydrogens is 454 g/mol. The third-order valence-corrected chi connectivity index (χ3v) is 7.02. The van der Waals surface area contributed by atoms with Crippen molar-refractivity contribution < 1.29 is 19.4 Å². The van der Waals surface area contributed by atoms with Crippen molar-refractivity contribution in [2.75, 3.05) is 19.5 Å². The van der Waals surface area contributed by atoms with Gasteiger partial charge in [-0.05, 0) is 60.7 Å². The van der Waals surface area contributed by atoms with Gasteiger partial charge >= 0.3 is 0 Å². The van der Waals surface area contributed by atoms with Crippen LogP contribution in [0.4, 0.5) is 5.69 Å². The second kappa shape index (κ2) is 9.77. The van der Waals surface area contributed by atoms with Crippen LogP contribution in [0.3, 0.4) is 0 Å². The highest BCUT2D eigenvalue weighted by Gasteiger charge is 2.39. The van der Waals surface area contributed by atoms with Crippen molar-refractivity contribution >= 4 is 17.3 Å². The Balaban J connectivity index is 1.43. The van der Waals surface area contributed by atoms with Crippen LogP contribution in [-0.2, 0) is 0 Å². The molecule has 0 unspecified atom stereocenters. The van der Waals surface area contributed by atoms with Gasteiger partial charge in [0.15, 0.2) is 11.5 Å². The van der Waals surface area contributed by atoms with Crippen molar-refractivity contribution in [1.29, 1.82) is 0 Å². The summed E-state index contributed by atoms with van der Waals surface area (Å²) in [7, 11) is 3.33. The minimum Gasteiger partial charge on any atom is -0.507 e.